The van der Waals surface area contributed by atoms with Crippen molar-refractivity contribution in [2.75, 3.05) is 31.7 Å². The van der Waals surface area contributed by atoms with Gasteiger partial charge in [0.2, 0.25) is 0 Å². The number of halogens is 1. The van der Waals surface area contributed by atoms with E-state index in [1.54, 1.807) is 13.2 Å². The van der Waals surface area contributed by atoms with E-state index >= 15 is 4.39 Å². The minimum atomic E-state index is -0.252. The van der Waals surface area contributed by atoms with Crippen LogP contribution in [0.25, 0.3) is 0 Å². The van der Waals surface area contributed by atoms with Crippen LogP contribution in [0.1, 0.15) is 48.4 Å². The van der Waals surface area contributed by atoms with Gasteiger partial charge in [-0.1, -0.05) is 55.0 Å². The number of ether oxygens (including phenoxy) is 2. The summed E-state index contributed by atoms with van der Waals surface area (Å²) in [5.41, 5.74) is 4.25. The zero-order valence-corrected chi connectivity index (χ0v) is 20.5. The van der Waals surface area contributed by atoms with Crippen LogP contribution in [0.2, 0.25) is 0 Å². The topological polar surface area (TPSA) is 33.7 Å². The fourth-order valence-corrected chi connectivity index (χ4v) is 5.58. The van der Waals surface area contributed by atoms with E-state index in [0.717, 1.165) is 43.7 Å². The second-order valence-corrected chi connectivity index (χ2v) is 9.54. The lowest BCUT2D eigenvalue weighted by atomic mass is 9.88. The van der Waals surface area contributed by atoms with Gasteiger partial charge in [0.15, 0.2) is 0 Å². The molecule has 184 valence electrons. The Kier molecular flexibility index (Phi) is 7.53. The Hall–Kier alpha value is -3.05. The summed E-state index contributed by atoms with van der Waals surface area (Å²) in [6, 6.07) is 22.4. The van der Waals surface area contributed by atoms with Crippen molar-refractivity contribution < 1.29 is 13.9 Å². The summed E-state index contributed by atoms with van der Waals surface area (Å²) in [5.74, 6) is 1.24. The molecule has 0 saturated carbocycles. The quantitative estimate of drug-likeness (QED) is 0.428. The monoisotopic (exact) mass is 474 g/mol. The van der Waals surface area contributed by atoms with E-state index in [0.29, 0.717) is 24.1 Å². The number of para-hydroxylation sites is 2. The van der Waals surface area contributed by atoms with Crippen molar-refractivity contribution in [1.82, 2.24) is 5.32 Å². The molecule has 0 aromatic heterocycles. The summed E-state index contributed by atoms with van der Waals surface area (Å²) >= 11 is 0. The van der Waals surface area contributed by atoms with Gasteiger partial charge in [-0.25, -0.2) is 4.39 Å². The molecule has 4 nitrogen and oxygen atoms in total. The summed E-state index contributed by atoms with van der Waals surface area (Å²) in [4.78, 5) is 2.18. The highest BCUT2D eigenvalue weighted by Crippen LogP contribution is 2.42. The van der Waals surface area contributed by atoms with E-state index in [1.165, 1.54) is 36.5 Å². The molecule has 1 fully saturated rings. The van der Waals surface area contributed by atoms with E-state index in [2.05, 4.69) is 52.7 Å². The smallest absolute Gasteiger partial charge is 0.150 e. The summed E-state index contributed by atoms with van der Waals surface area (Å²) in [7, 11) is 1.61. The minimum Gasteiger partial charge on any atom is -0.494 e. The van der Waals surface area contributed by atoms with Gasteiger partial charge in [0.25, 0.3) is 0 Å². The molecule has 2 aliphatic rings. The molecule has 1 saturated heterocycles. The number of piperidine rings is 1. The highest BCUT2D eigenvalue weighted by molar-refractivity contribution is 5.62. The lowest BCUT2D eigenvalue weighted by Gasteiger charge is -2.40. The SMILES string of the molecule is COc1cccc(F)c1N1CCc2ccccc2C1Cc1ccccc1OCCC1CCCCN1. The number of benzene rings is 3. The van der Waals surface area contributed by atoms with Crippen molar-refractivity contribution in [2.45, 2.75) is 50.6 Å². The van der Waals surface area contributed by atoms with Gasteiger partial charge < -0.3 is 19.7 Å². The summed E-state index contributed by atoms with van der Waals surface area (Å²) in [6.45, 7) is 2.54. The van der Waals surface area contributed by atoms with Crippen LogP contribution in [0.4, 0.5) is 10.1 Å². The number of nitrogens with one attached hydrogen (secondary N) is 1. The maximum atomic E-state index is 15.2. The Labute approximate surface area is 208 Å². The Morgan fingerprint density at radius 2 is 1.80 bits per heavy atom. The molecule has 0 amide bonds. The van der Waals surface area contributed by atoms with Gasteiger partial charge >= 0.3 is 0 Å². The standard InChI is InChI=1S/C30H35FN2O2/c1-34-29-15-8-13-26(31)30(29)33-19-16-22-9-2-4-12-25(22)27(33)21-23-10-3-5-14-28(23)35-20-17-24-11-6-7-18-32-24/h2-5,8-10,12-15,24,27,32H,6-7,11,16-21H2,1H3. The molecule has 2 unspecified atom stereocenters. The third kappa shape index (κ3) is 5.30. The maximum absolute atomic E-state index is 15.2. The molecule has 0 aliphatic carbocycles. The normalized spacial score (nSPS) is 19.8. The number of nitrogens with zero attached hydrogens (tertiary/aromatic N) is 1. The van der Waals surface area contributed by atoms with Gasteiger partial charge in [-0.15, -0.1) is 0 Å². The molecule has 35 heavy (non-hydrogen) atoms. The predicted molar refractivity (Wildman–Crippen MR) is 139 cm³/mol. The second-order valence-electron chi connectivity index (χ2n) is 9.54. The zero-order valence-electron chi connectivity index (χ0n) is 20.5. The molecule has 1 N–H and O–H groups in total. The molecule has 5 heteroatoms. The molecule has 2 heterocycles. The molecule has 3 aromatic carbocycles. The zero-order chi connectivity index (χ0) is 24.0. The third-order valence-electron chi connectivity index (χ3n) is 7.39. The molecular formula is C30H35FN2O2. The van der Waals surface area contributed by atoms with E-state index in [4.69, 9.17) is 9.47 Å². The van der Waals surface area contributed by atoms with Crippen LogP contribution < -0.4 is 19.7 Å². The molecule has 2 atom stereocenters. The molecule has 0 radical (unpaired) electrons. The van der Waals surface area contributed by atoms with Crippen molar-refractivity contribution in [2.24, 2.45) is 0 Å². The number of methoxy groups -OCH3 is 1. The van der Waals surface area contributed by atoms with Crippen molar-refractivity contribution in [1.29, 1.82) is 0 Å². The Bertz CT molecular complexity index is 1130. The van der Waals surface area contributed by atoms with E-state index in [-0.39, 0.29) is 11.9 Å². The lowest BCUT2D eigenvalue weighted by Crippen LogP contribution is -2.37. The first kappa shape index (κ1) is 23.7. The van der Waals surface area contributed by atoms with Crippen LogP contribution in [0, 0.1) is 5.82 Å². The number of rotatable bonds is 8. The fourth-order valence-electron chi connectivity index (χ4n) is 5.58. The van der Waals surface area contributed by atoms with Crippen molar-refractivity contribution in [3.05, 3.63) is 89.2 Å². The summed E-state index contributed by atoms with van der Waals surface area (Å²) < 4.78 is 27.1. The third-order valence-corrected chi connectivity index (χ3v) is 7.39. The predicted octanol–water partition coefficient (Wildman–Crippen LogP) is 6.09. The van der Waals surface area contributed by atoms with Crippen molar-refractivity contribution in [3.8, 4) is 11.5 Å². The van der Waals surface area contributed by atoms with Crippen LogP contribution >= 0.6 is 0 Å². The van der Waals surface area contributed by atoms with Gasteiger partial charge in [0, 0.05) is 19.0 Å². The molecule has 3 aromatic rings. The van der Waals surface area contributed by atoms with Crippen molar-refractivity contribution in [3.63, 3.8) is 0 Å². The molecule has 0 spiro atoms. The van der Waals surface area contributed by atoms with E-state index in [1.807, 2.05) is 12.1 Å². The highest BCUT2D eigenvalue weighted by atomic mass is 19.1. The first-order valence-corrected chi connectivity index (χ1v) is 12.9. The maximum Gasteiger partial charge on any atom is 0.150 e. The number of hydrogen-bond donors (Lipinski definition) is 1. The van der Waals surface area contributed by atoms with Gasteiger partial charge in [-0.05, 0) is 67.1 Å². The van der Waals surface area contributed by atoms with Gasteiger partial charge in [-0.3, -0.25) is 0 Å². The molecule has 5 rings (SSSR count). The summed E-state index contributed by atoms with van der Waals surface area (Å²) in [6.07, 6.45) is 6.41. The second kappa shape index (κ2) is 11.1. The summed E-state index contributed by atoms with van der Waals surface area (Å²) in [5, 5.41) is 3.60. The fraction of sp³-hybridized carbons (Fsp3) is 0.400. The first-order chi connectivity index (χ1) is 17.2. The first-order valence-electron chi connectivity index (χ1n) is 12.9. The lowest BCUT2D eigenvalue weighted by molar-refractivity contribution is 0.266. The van der Waals surface area contributed by atoms with Gasteiger partial charge in [-0.2, -0.15) is 0 Å². The molecule has 0 bridgehead atoms. The van der Waals surface area contributed by atoms with Crippen LogP contribution in [-0.2, 0) is 12.8 Å². The Balaban J connectivity index is 1.42. The van der Waals surface area contributed by atoms with Gasteiger partial charge in [0.05, 0.1) is 19.8 Å². The number of anilines is 1. The van der Waals surface area contributed by atoms with Crippen molar-refractivity contribution >= 4 is 5.69 Å². The van der Waals surface area contributed by atoms with Crippen LogP contribution in [-0.4, -0.2) is 32.8 Å². The molecular weight excluding hydrogens is 439 g/mol. The Morgan fingerprint density at radius 3 is 2.66 bits per heavy atom. The van der Waals surface area contributed by atoms with Crippen LogP contribution in [0.3, 0.4) is 0 Å². The van der Waals surface area contributed by atoms with Crippen LogP contribution in [0.15, 0.2) is 66.7 Å². The van der Waals surface area contributed by atoms with E-state index < -0.39 is 0 Å². The van der Waals surface area contributed by atoms with Crippen LogP contribution in [0.5, 0.6) is 11.5 Å². The number of fused-ring (bicyclic) bond motifs is 1. The Morgan fingerprint density at radius 1 is 0.971 bits per heavy atom. The van der Waals surface area contributed by atoms with Gasteiger partial charge in [0.1, 0.15) is 23.0 Å². The highest BCUT2D eigenvalue weighted by Gasteiger charge is 2.31. The largest absolute Gasteiger partial charge is 0.494 e. The average Bonchev–Trinajstić information content (AvgIpc) is 2.90. The molecule has 2 aliphatic heterocycles. The average molecular weight is 475 g/mol. The number of hydrogen-bond acceptors (Lipinski definition) is 4. The van der Waals surface area contributed by atoms with E-state index in [9.17, 15) is 0 Å². The minimum absolute atomic E-state index is 0.0180.